The second kappa shape index (κ2) is 5.62. The molecule has 1 aliphatic heterocycles. The molecule has 0 N–H and O–H groups in total. The summed E-state index contributed by atoms with van der Waals surface area (Å²) in [5, 5.41) is 0. The minimum absolute atomic E-state index is 0.0236. The smallest absolute Gasteiger partial charge is 0.403 e. The summed E-state index contributed by atoms with van der Waals surface area (Å²) in [5.41, 5.74) is 0.733. The van der Waals surface area contributed by atoms with Crippen molar-refractivity contribution in [2.24, 2.45) is 0 Å². The molecule has 1 saturated heterocycles. The van der Waals surface area contributed by atoms with Crippen molar-refractivity contribution in [1.82, 2.24) is 0 Å². The monoisotopic (exact) mass is 286 g/mol. The van der Waals surface area contributed by atoms with Crippen LogP contribution < -0.4 is 0 Å². The molecule has 2 nitrogen and oxygen atoms in total. The zero-order valence-electron chi connectivity index (χ0n) is 14.0. The quantitative estimate of drug-likeness (QED) is 0.581. The van der Waals surface area contributed by atoms with Gasteiger partial charge in [-0.05, 0) is 51.4 Å². The molecule has 2 rings (SSSR count). The van der Waals surface area contributed by atoms with Crippen LogP contribution in [0.4, 0.5) is 0 Å². The van der Waals surface area contributed by atoms with E-state index in [-0.39, 0.29) is 23.7 Å². The summed E-state index contributed by atoms with van der Waals surface area (Å²) in [6, 6.07) is 10.6. The van der Waals surface area contributed by atoms with E-state index < -0.39 is 0 Å². The van der Waals surface area contributed by atoms with Crippen molar-refractivity contribution < 1.29 is 9.31 Å². The molecule has 3 heteroatoms. The molecule has 1 aliphatic rings. The Hall–Kier alpha value is -1.06. The highest BCUT2D eigenvalue weighted by Crippen LogP contribution is 2.42. The van der Waals surface area contributed by atoms with Gasteiger partial charge in [0.2, 0.25) is 0 Å². The van der Waals surface area contributed by atoms with E-state index in [2.05, 4.69) is 65.5 Å². The minimum Gasteiger partial charge on any atom is -0.403 e. The second-order valence-corrected chi connectivity index (χ2v) is 7.31. The molecule has 0 spiro atoms. The van der Waals surface area contributed by atoms with Crippen LogP contribution in [0.15, 0.2) is 43.0 Å². The normalized spacial score (nSPS) is 22.8. The summed E-state index contributed by atoms with van der Waals surface area (Å²) in [7, 11) is -0.180. The topological polar surface area (TPSA) is 18.5 Å². The Labute approximate surface area is 129 Å². The van der Waals surface area contributed by atoms with Crippen molar-refractivity contribution in [1.29, 1.82) is 0 Å². The van der Waals surface area contributed by atoms with Crippen molar-refractivity contribution in [2.45, 2.75) is 64.0 Å². The van der Waals surface area contributed by atoms with Crippen LogP contribution in [-0.4, -0.2) is 18.3 Å². The third-order valence-corrected chi connectivity index (χ3v) is 4.98. The third kappa shape index (κ3) is 3.24. The molecule has 1 aromatic rings. The van der Waals surface area contributed by atoms with Crippen LogP contribution in [0.25, 0.3) is 0 Å². The fraction of sp³-hybridized carbons (Fsp3) is 0.556. The van der Waals surface area contributed by atoms with Gasteiger partial charge in [0.1, 0.15) is 0 Å². The lowest BCUT2D eigenvalue weighted by Gasteiger charge is -2.32. The number of hydrogen-bond acceptors (Lipinski definition) is 2. The highest BCUT2D eigenvalue weighted by Gasteiger charge is 2.52. The molecule has 0 radical (unpaired) electrons. The van der Waals surface area contributed by atoms with Gasteiger partial charge < -0.3 is 9.31 Å². The Kier molecular flexibility index (Phi) is 4.37. The Morgan fingerprint density at radius 1 is 1.10 bits per heavy atom. The highest BCUT2D eigenvalue weighted by atomic mass is 16.7. The summed E-state index contributed by atoms with van der Waals surface area (Å²) >= 11 is 0. The molecule has 114 valence electrons. The van der Waals surface area contributed by atoms with Gasteiger partial charge in [0, 0.05) is 0 Å². The molecule has 1 fully saturated rings. The third-order valence-electron chi connectivity index (χ3n) is 4.98. The van der Waals surface area contributed by atoms with E-state index in [4.69, 9.17) is 9.31 Å². The predicted molar refractivity (Wildman–Crippen MR) is 89.5 cm³/mol. The predicted octanol–water partition coefficient (Wildman–Crippen LogP) is 4.61. The molecule has 1 atom stereocenters. The number of hydrogen-bond donors (Lipinski definition) is 0. The summed E-state index contributed by atoms with van der Waals surface area (Å²) in [4.78, 5) is 0. The molecule has 0 aliphatic carbocycles. The maximum atomic E-state index is 6.17. The van der Waals surface area contributed by atoms with E-state index in [0.717, 1.165) is 12.7 Å². The maximum Gasteiger partial charge on any atom is 0.458 e. The van der Waals surface area contributed by atoms with Gasteiger partial charge in [0.15, 0.2) is 0 Å². The molecule has 0 bridgehead atoms. The Balaban J connectivity index is 2.21. The first-order valence-electron chi connectivity index (χ1n) is 7.72. The van der Waals surface area contributed by atoms with Crippen LogP contribution in [0.3, 0.4) is 0 Å². The molecule has 0 saturated carbocycles. The zero-order chi connectivity index (χ0) is 15.7. The molecular weight excluding hydrogens is 259 g/mol. The molecule has 0 amide bonds. The summed E-state index contributed by atoms with van der Waals surface area (Å²) in [5.74, 6) is 0. The van der Waals surface area contributed by atoms with Crippen molar-refractivity contribution in [2.75, 3.05) is 0 Å². The average Bonchev–Trinajstić information content (AvgIpc) is 2.58. The second-order valence-electron chi connectivity index (χ2n) is 7.31. The highest BCUT2D eigenvalue weighted by molar-refractivity contribution is 6.45. The standard InChI is InChI=1S/C18H27BO2/c1-7-13-18(6,15-11-9-8-10-12-15)14-19-20-16(2,3)17(4,5)21-19/h7-12H,1,13-14H2,2-6H3. The van der Waals surface area contributed by atoms with E-state index in [1.807, 2.05) is 12.1 Å². The van der Waals surface area contributed by atoms with Crippen molar-refractivity contribution in [3.8, 4) is 0 Å². The van der Waals surface area contributed by atoms with E-state index in [0.29, 0.717) is 0 Å². The first-order valence-corrected chi connectivity index (χ1v) is 7.72. The summed E-state index contributed by atoms with van der Waals surface area (Å²) < 4.78 is 12.3. The molecular formula is C18H27BO2. The Morgan fingerprint density at radius 2 is 1.62 bits per heavy atom. The average molecular weight is 286 g/mol. The van der Waals surface area contributed by atoms with Crippen LogP contribution in [-0.2, 0) is 14.7 Å². The lowest BCUT2D eigenvalue weighted by molar-refractivity contribution is 0.00578. The van der Waals surface area contributed by atoms with Gasteiger partial charge in [-0.15, -0.1) is 6.58 Å². The van der Waals surface area contributed by atoms with E-state index in [1.54, 1.807) is 0 Å². The van der Waals surface area contributed by atoms with E-state index >= 15 is 0 Å². The fourth-order valence-electron chi connectivity index (χ4n) is 2.89. The van der Waals surface area contributed by atoms with Gasteiger partial charge in [0.25, 0.3) is 0 Å². The maximum absolute atomic E-state index is 6.17. The van der Waals surface area contributed by atoms with Gasteiger partial charge in [-0.25, -0.2) is 0 Å². The van der Waals surface area contributed by atoms with Gasteiger partial charge in [0.05, 0.1) is 11.2 Å². The largest absolute Gasteiger partial charge is 0.458 e. The van der Waals surface area contributed by atoms with Crippen LogP contribution >= 0.6 is 0 Å². The molecule has 21 heavy (non-hydrogen) atoms. The van der Waals surface area contributed by atoms with Gasteiger partial charge in [-0.2, -0.15) is 0 Å². The van der Waals surface area contributed by atoms with Crippen LogP contribution in [0.5, 0.6) is 0 Å². The van der Waals surface area contributed by atoms with Gasteiger partial charge >= 0.3 is 7.12 Å². The Bertz CT molecular complexity index is 479. The number of rotatable bonds is 5. The van der Waals surface area contributed by atoms with Crippen LogP contribution in [0.1, 0.15) is 46.6 Å². The first kappa shape index (κ1) is 16.3. The number of allylic oxidation sites excluding steroid dienone is 1. The first-order chi connectivity index (χ1) is 9.70. The fourth-order valence-corrected chi connectivity index (χ4v) is 2.89. The van der Waals surface area contributed by atoms with Crippen LogP contribution in [0, 0.1) is 0 Å². The summed E-state index contributed by atoms with van der Waals surface area (Å²) in [6.07, 6.45) is 3.72. The van der Waals surface area contributed by atoms with Crippen molar-refractivity contribution in [3.63, 3.8) is 0 Å². The number of benzene rings is 1. The molecule has 1 aromatic carbocycles. The van der Waals surface area contributed by atoms with Gasteiger partial charge in [-0.3, -0.25) is 0 Å². The van der Waals surface area contributed by atoms with Crippen molar-refractivity contribution in [3.05, 3.63) is 48.6 Å². The zero-order valence-corrected chi connectivity index (χ0v) is 14.0. The minimum atomic E-state index is -0.274. The Morgan fingerprint density at radius 3 is 2.10 bits per heavy atom. The van der Waals surface area contributed by atoms with Crippen molar-refractivity contribution >= 4 is 7.12 Å². The lowest BCUT2D eigenvalue weighted by atomic mass is 9.64. The SMILES string of the molecule is C=CCC(C)(CB1OC(C)(C)C(C)(C)O1)c1ccccc1. The lowest BCUT2D eigenvalue weighted by Crippen LogP contribution is -2.41. The van der Waals surface area contributed by atoms with Crippen LogP contribution in [0.2, 0.25) is 6.32 Å². The molecule has 1 unspecified atom stereocenters. The summed E-state index contributed by atoms with van der Waals surface area (Å²) in [6.45, 7) is 14.6. The van der Waals surface area contributed by atoms with E-state index in [1.165, 1.54) is 5.56 Å². The van der Waals surface area contributed by atoms with E-state index in [9.17, 15) is 0 Å². The van der Waals surface area contributed by atoms with Gasteiger partial charge in [-0.1, -0.05) is 43.3 Å². The molecule has 1 heterocycles. The molecule has 0 aromatic heterocycles.